The van der Waals surface area contributed by atoms with E-state index in [1.807, 2.05) is 6.07 Å². The van der Waals surface area contributed by atoms with Gasteiger partial charge in [0.25, 0.3) is 5.56 Å². The average Bonchev–Trinajstić information content (AvgIpc) is 3.12. The van der Waals surface area contributed by atoms with Crippen LogP contribution >= 0.6 is 0 Å². The molecule has 0 saturated carbocycles. The Hall–Kier alpha value is -4.66. The van der Waals surface area contributed by atoms with Crippen molar-refractivity contribution in [2.24, 2.45) is 10.2 Å². The first kappa shape index (κ1) is 21.6. The number of halogens is 3. The van der Waals surface area contributed by atoms with E-state index in [0.29, 0.717) is 11.3 Å². The predicted molar refractivity (Wildman–Crippen MR) is 113 cm³/mol. The number of methoxy groups -OCH3 is 1. The van der Waals surface area contributed by atoms with Crippen LogP contribution in [0.1, 0.15) is 11.1 Å². The number of nitriles is 1. The van der Waals surface area contributed by atoms with E-state index in [-0.39, 0.29) is 34.1 Å². The van der Waals surface area contributed by atoms with E-state index in [4.69, 9.17) is 10.5 Å². The van der Waals surface area contributed by atoms with Crippen LogP contribution in [0.25, 0.3) is 16.9 Å². The number of aromatic amines is 1. The van der Waals surface area contributed by atoms with Crippen LogP contribution in [0.15, 0.2) is 63.6 Å². The normalized spacial score (nSPS) is 11.7. The molecule has 0 saturated heterocycles. The maximum Gasteiger partial charge on any atom is 0.416 e. The molecule has 2 aromatic carbocycles. The summed E-state index contributed by atoms with van der Waals surface area (Å²) in [6, 6.07) is 12.8. The van der Waals surface area contributed by atoms with Gasteiger partial charge in [-0.25, -0.2) is 9.50 Å². The van der Waals surface area contributed by atoms with E-state index in [1.165, 1.54) is 19.2 Å². The molecule has 4 aromatic rings. The fourth-order valence-corrected chi connectivity index (χ4v) is 3.10. The fourth-order valence-electron chi connectivity index (χ4n) is 3.10. The molecular weight excluding hydrogens is 439 g/mol. The maximum absolute atomic E-state index is 12.9. The number of H-pyrrole nitrogens is 1. The van der Waals surface area contributed by atoms with Crippen molar-refractivity contribution in [3.63, 3.8) is 0 Å². The third kappa shape index (κ3) is 3.99. The minimum Gasteiger partial charge on any atom is -0.497 e. The van der Waals surface area contributed by atoms with Crippen molar-refractivity contribution in [2.45, 2.75) is 6.18 Å². The van der Waals surface area contributed by atoms with Crippen molar-refractivity contribution in [2.75, 3.05) is 12.8 Å². The molecule has 33 heavy (non-hydrogen) atoms. The van der Waals surface area contributed by atoms with Crippen LogP contribution in [-0.4, -0.2) is 21.7 Å². The summed E-state index contributed by atoms with van der Waals surface area (Å²) in [6.07, 6.45) is -4.55. The number of hydrogen-bond acceptors (Lipinski definition) is 7. The van der Waals surface area contributed by atoms with Gasteiger partial charge in [0.05, 0.1) is 24.1 Å². The highest BCUT2D eigenvalue weighted by Gasteiger charge is 2.30. The first-order valence-electron chi connectivity index (χ1n) is 9.30. The number of azo groups is 1. The van der Waals surface area contributed by atoms with Crippen LogP contribution in [0.4, 0.5) is 30.4 Å². The Labute approximate surface area is 183 Å². The Bertz CT molecular complexity index is 1480. The van der Waals surface area contributed by atoms with Crippen LogP contribution in [0.2, 0.25) is 0 Å². The summed E-state index contributed by atoms with van der Waals surface area (Å²) in [5.74, 6) is 0.491. The summed E-state index contributed by atoms with van der Waals surface area (Å²) in [5.41, 5.74) is 4.74. The molecule has 3 N–H and O–H groups in total. The van der Waals surface area contributed by atoms with Crippen LogP contribution in [0.5, 0.6) is 5.75 Å². The zero-order valence-electron chi connectivity index (χ0n) is 16.9. The number of nitrogens with two attached hydrogens (primary N) is 1. The number of rotatable bonds is 4. The molecule has 0 atom stereocenters. The van der Waals surface area contributed by atoms with E-state index in [2.05, 4.69) is 20.3 Å². The summed E-state index contributed by atoms with van der Waals surface area (Å²) in [7, 11) is 1.51. The number of nitrogen functional groups attached to an aromatic ring is 1. The molecule has 2 aromatic heterocycles. The topological polar surface area (TPSA) is 134 Å². The number of ether oxygens (including phenoxy) is 1. The highest BCUT2D eigenvalue weighted by molar-refractivity contribution is 5.78. The molecule has 0 bridgehead atoms. The van der Waals surface area contributed by atoms with Gasteiger partial charge in [0.1, 0.15) is 23.2 Å². The van der Waals surface area contributed by atoms with Crippen molar-refractivity contribution < 1.29 is 17.9 Å². The summed E-state index contributed by atoms with van der Waals surface area (Å²) < 4.78 is 45.0. The lowest BCUT2D eigenvalue weighted by Gasteiger charge is -2.09. The number of nitrogens with one attached hydrogen (secondary N) is 1. The lowest BCUT2D eigenvalue weighted by molar-refractivity contribution is -0.137. The highest BCUT2D eigenvalue weighted by atomic mass is 19.4. The smallest absolute Gasteiger partial charge is 0.416 e. The van der Waals surface area contributed by atoms with Gasteiger partial charge in [-0.3, -0.25) is 9.89 Å². The standard InChI is InChI=1S/C21H14F3N7O2/c1-33-14-7-5-11(6-8-14)16-15(10-25)18(26)31-19(27-16)17(20(32)30-31)29-28-13-4-2-3-12(9-13)21(22,23)24/h2-9H,26H2,1H3,(H,30,32). The molecule has 0 aliphatic rings. The lowest BCUT2D eigenvalue weighted by atomic mass is 10.1. The van der Waals surface area contributed by atoms with E-state index >= 15 is 0 Å². The fraction of sp³-hybridized carbons (Fsp3) is 0.0952. The van der Waals surface area contributed by atoms with Crippen LogP contribution in [0.3, 0.4) is 0 Å². The van der Waals surface area contributed by atoms with E-state index in [1.54, 1.807) is 24.3 Å². The molecule has 2 heterocycles. The third-order valence-electron chi connectivity index (χ3n) is 4.72. The summed E-state index contributed by atoms with van der Waals surface area (Å²) in [4.78, 5) is 16.8. The molecule has 9 nitrogen and oxygen atoms in total. The number of fused-ring (bicyclic) bond motifs is 1. The molecule has 166 valence electrons. The van der Waals surface area contributed by atoms with Crippen LogP contribution in [0, 0.1) is 11.3 Å². The van der Waals surface area contributed by atoms with Gasteiger partial charge in [-0.05, 0) is 42.5 Å². The minimum absolute atomic E-state index is 0.0142. The van der Waals surface area contributed by atoms with Crippen molar-refractivity contribution in [1.82, 2.24) is 14.6 Å². The first-order chi connectivity index (χ1) is 15.7. The Kier molecular flexibility index (Phi) is 5.31. The molecule has 0 spiro atoms. The first-order valence-corrected chi connectivity index (χ1v) is 9.30. The zero-order chi connectivity index (χ0) is 23.8. The number of benzene rings is 2. The summed E-state index contributed by atoms with van der Waals surface area (Å²) >= 11 is 0. The lowest BCUT2D eigenvalue weighted by Crippen LogP contribution is -2.07. The summed E-state index contributed by atoms with van der Waals surface area (Å²) in [6.45, 7) is 0. The number of anilines is 1. The quantitative estimate of drug-likeness (QED) is 0.436. The van der Waals surface area contributed by atoms with E-state index in [9.17, 15) is 23.2 Å². The van der Waals surface area contributed by atoms with Crippen LogP contribution in [-0.2, 0) is 6.18 Å². The minimum atomic E-state index is -4.55. The molecule has 0 fully saturated rings. The van der Waals surface area contributed by atoms with Gasteiger partial charge in [-0.15, -0.1) is 5.11 Å². The van der Waals surface area contributed by atoms with Gasteiger partial charge in [-0.2, -0.15) is 23.5 Å². The largest absolute Gasteiger partial charge is 0.497 e. The monoisotopic (exact) mass is 453 g/mol. The van der Waals surface area contributed by atoms with Crippen molar-refractivity contribution in [3.8, 4) is 23.1 Å². The Morgan fingerprint density at radius 2 is 1.91 bits per heavy atom. The van der Waals surface area contributed by atoms with Gasteiger partial charge in [-0.1, -0.05) is 6.07 Å². The highest BCUT2D eigenvalue weighted by Crippen LogP contribution is 2.33. The second-order valence-electron chi connectivity index (χ2n) is 6.76. The van der Waals surface area contributed by atoms with Gasteiger partial charge in [0.2, 0.25) is 0 Å². The number of aromatic nitrogens is 3. The second kappa shape index (κ2) is 8.12. The van der Waals surface area contributed by atoms with Gasteiger partial charge in [0.15, 0.2) is 11.3 Å². The average molecular weight is 453 g/mol. The zero-order valence-corrected chi connectivity index (χ0v) is 16.9. The number of alkyl halides is 3. The number of nitrogens with zero attached hydrogens (tertiary/aromatic N) is 5. The molecule has 12 heteroatoms. The van der Waals surface area contributed by atoms with E-state index < -0.39 is 17.3 Å². The van der Waals surface area contributed by atoms with Gasteiger partial charge < -0.3 is 10.5 Å². The SMILES string of the molecule is COc1ccc(-c2nc3c(N=Nc4cccc(C(F)(F)F)c4)c(=O)[nH]n3c(N)c2C#N)cc1. The van der Waals surface area contributed by atoms with Crippen molar-refractivity contribution >= 4 is 22.8 Å². The number of hydrogen-bond donors (Lipinski definition) is 2. The second-order valence-corrected chi connectivity index (χ2v) is 6.76. The molecule has 4 rings (SSSR count). The predicted octanol–water partition coefficient (Wildman–Crippen LogP) is 4.59. The van der Waals surface area contributed by atoms with Crippen molar-refractivity contribution in [3.05, 3.63) is 70.0 Å². The van der Waals surface area contributed by atoms with Crippen molar-refractivity contribution in [1.29, 1.82) is 5.26 Å². The maximum atomic E-state index is 12.9. The molecule has 0 aliphatic heterocycles. The molecule has 0 radical (unpaired) electrons. The Morgan fingerprint density at radius 3 is 2.55 bits per heavy atom. The van der Waals surface area contributed by atoms with Gasteiger partial charge in [0, 0.05) is 5.56 Å². The summed E-state index contributed by atoms with van der Waals surface area (Å²) in [5, 5.41) is 19.6. The molecular formula is C21H14F3N7O2. The molecule has 0 aliphatic carbocycles. The molecule has 0 unspecified atom stereocenters. The van der Waals surface area contributed by atoms with E-state index in [0.717, 1.165) is 16.6 Å². The van der Waals surface area contributed by atoms with Gasteiger partial charge >= 0.3 is 6.18 Å². The Morgan fingerprint density at radius 1 is 1.18 bits per heavy atom. The van der Waals surface area contributed by atoms with Crippen LogP contribution < -0.4 is 16.0 Å². The third-order valence-corrected chi connectivity index (χ3v) is 4.72. The molecule has 0 amide bonds. The Balaban J connectivity index is 1.86.